The van der Waals surface area contributed by atoms with Gasteiger partial charge in [0.1, 0.15) is 0 Å². The molecule has 2 heteroatoms. The Kier molecular flexibility index (Phi) is 4.01. The Morgan fingerprint density at radius 2 is 1.31 bits per heavy atom. The highest BCUT2D eigenvalue weighted by Gasteiger charge is 2.23. The summed E-state index contributed by atoms with van der Waals surface area (Å²) in [6.45, 7) is 13.2. The number of hydrogen-bond donors (Lipinski definition) is 0. The molecule has 0 aliphatic carbocycles. The normalized spacial score (nSPS) is 13.0. The van der Waals surface area contributed by atoms with Crippen LogP contribution in [0.1, 0.15) is 52.7 Å². The average Bonchev–Trinajstić information content (AvgIpc) is 2.04. The molecule has 0 spiro atoms. The average molecular weight is 351 g/mol. The van der Waals surface area contributed by atoms with Crippen molar-refractivity contribution in [3.8, 4) is 0 Å². The molecule has 0 atom stereocenters. The summed E-state index contributed by atoms with van der Waals surface area (Å²) in [6.07, 6.45) is 0. The lowest BCUT2D eigenvalue weighted by atomic mass is 9.82. The molecule has 90 valence electrons. The lowest BCUT2D eigenvalue weighted by Gasteiger charge is -2.26. The molecule has 0 aliphatic heterocycles. The zero-order valence-corrected chi connectivity index (χ0v) is 13.8. The fourth-order valence-electron chi connectivity index (χ4n) is 1.70. The summed E-state index contributed by atoms with van der Waals surface area (Å²) >= 11 is 8.80. The topological polar surface area (TPSA) is 0 Å². The Bertz CT molecular complexity index is 355. The van der Waals surface area contributed by atoms with E-state index >= 15 is 0 Å². The van der Waals surface area contributed by atoms with E-state index in [1.807, 2.05) is 0 Å². The van der Waals surface area contributed by atoms with Crippen molar-refractivity contribution in [2.75, 3.05) is 0 Å². The Labute approximate surface area is 118 Å². The van der Waals surface area contributed by atoms with Gasteiger partial charge in [-0.05, 0) is 56.7 Å². The standard InChI is InChI=1S/C14H20ClI/c1-13(2,3)9-8-12(16)10(7-11(9)15)14(4,5)6/h7-8H,1-6H3. The van der Waals surface area contributed by atoms with Crippen molar-refractivity contribution in [1.82, 2.24) is 0 Å². The Morgan fingerprint density at radius 1 is 0.875 bits per heavy atom. The minimum Gasteiger partial charge on any atom is -0.0840 e. The van der Waals surface area contributed by atoms with Crippen molar-refractivity contribution in [2.24, 2.45) is 0 Å². The predicted octanol–water partition coefficient (Wildman–Crippen LogP) is 5.54. The summed E-state index contributed by atoms with van der Waals surface area (Å²) in [5.41, 5.74) is 2.81. The molecule has 0 unspecified atom stereocenters. The van der Waals surface area contributed by atoms with E-state index in [1.54, 1.807) is 0 Å². The van der Waals surface area contributed by atoms with Gasteiger partial charge in [-0.2, -0.15) is 0 Å². The SMILES string of the molecule is CC(C)(C)c1cc(I)c(C(C)(C)C)cc1Cl. The van der Waals surface area contributed by atoms with E-state index in [1.165, 1.54) is 14.7 Å². The van der Waals surface area contributed by atoms with Gasteiger partial charge in [0.05, 0.1) is 0 Å². The van der Waals surface area contributed by atoms with Crippen LogP contribution in [0.3, 0.4) is 0 Å². The molecule has 0 heterocycles. The summed E-state index contributed by atoms with van der Waals surface area (Å²) in [7, 11) is 0. The maximum absolute atomic E-state index is 6.39. The van der Waals surface area contributed by atoms with Crippen LogP contribution in [0.5, 0.6) is 0 Å². The maximum Gasteiger partial charge on any atom is 0.0447 e. The first-order valence-electron chi connectivity index (χ1n) is 5.53. The van der Waals surface area contributed by atoms with Gasteiger partial charge >= 0.3 is 0 Å². The highest BCUT2D eigenvalue weighted by atomic mass is 127. The second-order valence-corrected chi connectivity index (χ2v) is 7.88. The monoisotopic (exact) mass is 350 g/mol. The molecule has 0 aliphatic rings. The van der Waals surface area contributed by atoms with E-state index in [0.717, 1.165) is 5.02 Å². The molecule has 0 bridgehead atoms. The van der Waals surface area contributed by atoms with Crippen LogP contribution in [0.4, 0.5) is 0 Å². The van der Waals surface area contributed by atoms with Crippen molar-refractivity contribution in [3.63, 3.8) is 0 Å². The fourth-order valence-corrected chi connectivity index (χ4v) is 3.42. The largest absolute Gasteiger partial charge is 0.0840 e. The molecule has 0 aromatic heterocycles. The van der Waals surface area contributed by atoms with Gasteiger partial charge in [-0.15, -0.1) is 0 Å². The van der Waals surface area contributed by atoms with Crippen LogP contribution in [-0.2, 0) is 10.8 Å². The van der Waals surface area contributed by atoms with Gasteiger partial charge in [0, 0.05) is 8.59 Å². The third-order valence-corrected chi connectivity index (χ3v) is 3.88. The molecule has 0 saturated heterocycles. The molecule has 0 fully saturated rings. The molecule has 0 amide bonds. The minimum absolute atomic E-state index is 0.105. The van der Waals surface area contributed by atoms with Gasteiger partial charge in [0.2, 0.25) is 0 Å². The van der Waals surface area contributed by atoms with Crippen LogP contribution in [0.15, 0.2) is 12.1 Å². The van der Waals surface area contributed by atoms with Crippen LogP contribution in [-0.4, -0.2) is 0 Å². The van der Waals surface area contributed by atoms with Crippen molar-refractivity contribution in [1.29, 1.82) is 0 Å². The summed E-state index contributed by atoms with van der Waals surface area (Å²) in [5.74, 6) is 0. The lowest BCUT2D eigenvalue weighted by molar-refractivity contribution is 0.574. The molecule has 16 heavy (non-hydrogen) atoms. The number of benzene rings is 1. The van der Waals surface area contributed by atoms with Crippen molar-refractivity contribution < 1.29 is 0 Å². The van der Waals surface area contributed by atoms with Gasteiger partial charge < -0.3 is 0 Å². The molecule has 1 aromatic rings. The third kappa shape index (κ3) is 3.13. The van der Waals surface area contributed by atoms with Crippen LogP contribution in [0, 0.1) is 3.57 Å². The maximum atomic E-state index is 6.39. The van der Waals surface area contributed by atoms with Gasteiger partial charge in [-0.3, -0.25) is 0 Å². The van der Waals surface area contributed by atoms with E-state index in [4.69, 9.17) is 11.6 Å². The Hall–Kier alpha value is 0.240. The summed E-state index contributed by atoms with van der Waals surface area (Å²) in [6, 6.07) is 4.35. The third-order valence-electron chi connectivity index (χ3n) is 2.67. The molecule has 1 rings (SSSR count). The highest BCUT2D eigenvalue weighted by molar-refractivity contribution is 14.1. The van der Waals surface area contributed by atoms with E-state index in [2.05, 4.69) is 76.3 Å². The lowest BCUT2D eigenvalue weighted by Crippen LogP contribution is -2.17. The first-order chi connectivity index (χ1) is 7.03. The molecule has 0 nitrogen and oxygen atoms in total. The molecular formula is C14H20ClI. The van der Waals surface area contributed by atoms with Crippen LogP contribution < -0.4 is 0 Å². The number of hydrogen-bond acceptors (Lipinski definition) is 0. The first kappa shape index (κ1) is 14.3. The van der Waals surface area contributed by atoms with Gasteiger partial charge in [-0.25, -0.2) is 0 Å². The van der Waals surface area contributed by atoms with Crippen molar-refractivity contribution in [3.05, 3.63) is 31.9 Å². The first-order valence-corrected chi connectivity index (χ1v) is 6.99. The quantitative estimate of drug-likeness (QED) is 0.539. The summed E-state index contributed by atoms with van der Waals surface area (Å²) < 4.78 is 1.31. The van der Waals surface area contributed by atoms with Gasteiger partial charge in [-0.1, -0.05) is 53.1 Å². The van der Waals surface area contributed by atoms with Crippen LogP contribution in [0.25, 0.3) is 0 Å². The molecule has 1 aromatic carbocycles. The van der Waals surface area contributed by atoms with E-state index in [0.29, 0.717) is 0 Å². The number of halogens is 2. The zero-order chi connectivity index (χ0) is 12.7. The van der Waals surface area contributed by atoms with E-state index < -0.39 is 0 Å². The summed E-state index contributed by atoms with van der Waals surface area (Å²) in [5, 5.41) is 0.887. The second-order valence-electron chi connectivity index (χ2n) is 6.31. The highest BCUT2D eigenvalue weighted by Crippen LogP contribution is 2.36. The molecular weight excluding hydrogens is 331 g/mol. The summed E-state index contributed by atoms with van der Waals surface area (Å²) in [4.78, 5) is 0. The second kappa shape index (κ2) is 4.49. The Balaban J connectivity index is 3.40. The van der Waals surface area contributed by atoms with Crippen LogP contribution >= 0.6 is 34.2 Å². The van der Waals surface area contributed by atoms with Gasteiger partial charge in [0.25, 0.3) is 0 Å². The minimum atomic E-state index is 0.105. The smallest absolute Gasteiger partial charge is 0.0447 e. The van der Waals surface area contributed by atoms with Crippen molar-refractivity contribution in [2.45, 2.75) is 52.4 Å². The Morgan fingerprint density at radius 3 is 1.69 bits per heavy atom. The van der Waals surface area contributed by atoms with Crippen molar-refractivity contribution >= 4 is 34.2 Å². The van der Waals surface area contributed by atoms with E-state index in [9.17, 15) is 0 Å². The zero-order valence-electron chi connectivity index (χ0n) is 10.9. The van der Waals surface area contributed by atoms with Gasteiger partial charge in [0.15, 0.2) is 0 Å². The van der Waals surface area contributed by atoms with Crippen LogP contribution in [0.2, 0.25) is 5.02 Å². The molecule has 0 N–H and O–H groups in total. The predicted molar refractivity (Wildman–Crippen MR) is 81.6 cm³/mol. The molecule has 0 saturated carbocycles. The molecule has 0 radical (unpaired) electrons. The fraction of sp³-hybridized carbons (Fsp3) is 0.571. The number of rotatable bonds is 0. The van der Waals surface area contributed by atoms with E-state index in [-0.39, 0.29) is 10.8 Å².